The second-order valence-electron chi connectivity index (χ2n) is 8.58. The number of β-amino-alcohol motifs (C(OH)–C–C–N with tert-alkyl or cyclic N) is 1. The third-order valence-electron chi connectivity index (χ3n) is 5.95. The molecule has 0 amide bonds. The van der Waals surface area contributed by atoms with E-state index in [1.54, 1.807) is 0 Å². The number of aliphatic hydroxyl groups excluding tert-OH is 1. The number of benzene rings is 4. The lowest BCUT2D eigenvalue weighted by atomic mass is 9.94. The van der Waals surface area contributed by atoms with Crippen molar-refractivity contribution in [3.8, 4) is 0 Å². The second-order valence-corrected chi connectivity index (χ2v) is 11.2. The highest BCUT2D eigenvalue weighted by Crippen LogP contribution is 2.34. The molecule has 1 saturated heterocycles. The molecule has 4 aromatic carbocycles. The Morgan fingerprint density at radius 1 is 0.556 bits per heavy atom. The number of rotatable bonds is 5. The van der Waals surface area contributed by atoms with E-state index in [0.29, 0.717) is 13.1 Å². The van der Waals surface area contributed by atoms with E-state index in [2.05, 4.69) is 20.8 Å². The molecule has 0 atom stereocenters. The van der Waals surface area contributed by atoms with Gasteiger partial charge in [0.05, 0.1) is 17.0 Å². The molecule has 0 radical (unpaired) electrons. The molecule has 0 unspecified atom stereocenters. The third-order valence-corrected chi connectivity index (χ3v) is 8.02. The average molecular weight is 624 g/mol. The van der Waals surface area contributed by atoms with Gasteiger partial charge in [0.2, 0.25) is 0 Å². The Kier molecular flexibility index (Phi) is 9.77. The van der Waals surface area contributed by atoms with Crippen LogP contribution in [0.1, 0.15) is 33.1 Å². The van der Waals surface area contributed by atoms with Crippen molar-refractivity contribution in [1.29, 1.82) is 0 Å². The Morgan fingerprint density at radius 3 is 1.11 bits per heavy atom. The minimum absolute atomic E-state index is 0.132. The molecule has 1 fully saturated rings. The lowest BCUT2D eigenvalue weighted by Crippen LogP contribution is -2.52. The van der Waals surface area contributed by atoms with Crippen molar-refractivity contribution in [3.05, 3.63) is 139 Å². The Hall–Kier alpha value is -1.56. The minimum Gasteiger partial charge on any atom is -0.390 e. The highest BCUT2D eigenvalue weighted by molar-refractivity contribution is 9.09. The van der Waals surface area contributed by atoms with Crippen LogP contribution in [0.2, 0.25) is 20.1 Å². The normalized spacial score (nSPS) is 13.9. The minimum atomic E-state index is -0.225. The summed E-state index contributed by atoms with van der Waals surface area (Å²) in [6.45, 7) is 1.38. The van der Waals surface area contributed by atoms with Gasteiger partial charge in [-0.05, 0) is 70.8 Å². The highest BCUT2D eigenvalue weighted by Gasteiger charge is 2.32. The molecule has 1 N–H and O–H groups in total. The number of likely N-dealkylation sites (tertiary alicyclic amines) is 1. The molecule has 2 nitrogen and oxygen atoms in total. The summed E-state index contributed by atoms with van der Waals surface area (Å²) in [5.41, 5.74) is 4.69. The first-order valence-corrected chi connectivity index (χ1v) is 13.8. The summed E-state index contributed by atoms with van der Waals surface area (Å²) in [7, 11) is 0. The van der Waals surface area contributed by atoms with Crippen LogP contribution in [0.4, 0.5) is 0 Å². The van der Waals surface area contributed by atoms with Gasteiger partial charge in [-0.1, -0.05) is 111 Å². The summed E-state index contributed by atoms with van der Waals surface area (Å²) in [4.78, 5) is 2.42. The van der Waals surface area contributed by atoms with Gasteiger partial charge in [-0.2, -0.15) is 0 Å². The van der Waals surface area contributed by atoms with Crippen molar-refractivity contribution in [2.45, 2.75) is 17.0 Å². The molecule has 7 heteroatoms. The Bertz CT molecular complexity index is 1150. The first kappa shape index (κ1) is 27.5. The fourth-order valence-corrected chi connectivity index (χ4v) is 5.17. The maximum atomic E-state index is 9.57. The maximum Gasteiger partial charge on any atom is 0.0794 e. The molecule has 186 valence electrons. The van der Waals surface area contributed by atoms with Gasteiger partial charge in [0, 0.05) is 33.2 Å². The fraction of sp³-hybridized carbons (Fsp3) is 0.172. The molecule has 0 aliphatic carbocycles. The van der Waals surface area contributed by atoms with Crippen LogP contribution in [0.15, 0.2) is 97.1 Å². The van der Waals surface area contributed by atoms with E-state index < -0.39 is 0 Å². The summed E-state index contributed by atoms with van der Waals surface area (Å²) in [5, 5.41) is 12.5. The topological polar surface area (TPSA) is 23.5 Å². The zero-order chi connectivity index (χ0) is 25.7. The summed E-state index contributed by atoms with van der Waals surface area (Å²) in [6.07, 6.45) is -0.225. The largest absolute Gasteiger partial charge is 0.390 e. The van der Waals surface area contributed by atoms with E-state index in [1.807, 2.05) is 97.1 Å². The monoisotopic (exact) mass is 621 g/mol. The van der Waals surface area contributed by atoms with Crippen molar-refractivity contribution >= 4 is 62.3 Å². The maximum absolute atomic E-state index is 9.57. The van der Waals surface area contributed by atoms with Gasteiger partial charge in [-0.25, -0.2) is 0 Å². The summed E-state index contributed by atoms with van der Waals surface area (Å²) < 4.78 is 0. The van der Waals surface area contributed by atoms with Gasteiger partial charge in [0.15, 0.2) is 0 Å². The fourth-order valence-electron chi connectivity index (χ4n) is 4.06. The van der Waals surface area contributed by atoms with Crippen LogP contribution in [0.3, 0.4) is 0 Å². The van der Waals surface area contributed by atoms with E-state index >= 15 is 0 Å². The van der Waals surface area contributed by atoms with Gasteiger partial charge < -0.3 is 5.11 Å². The first-order chi connectivity index (χ1) is 17.3. The van der Waals surface area contributed by atoms with Crippen LogP contribution in [-0.4, -0.2) is 29.2 Å². The van der Waals surface area contributed by atoms with Crippen molar-refractivity contribution in [2.75, 3.05) is 13.1 Å². The van der Waals surface area contributed by atoms with Crippen molar-refractivity contribution in [1.82, 2.24) is 4.90 Å². The van der Waals surface area contributed by atoms with E-state index in [1.165, 1.54) is 22.3 Å². The zero-order valence-electron chi connectivity index (χ0n) is 19.2. The summed E-state index contributed by atoms with van der Waals surface area (Å²) in [6, 6.07) is 31.5. The standard InChI is InChI=1S/C16H15Cl2NO.C13H9BrCl2/c17-13-5-1-11(2-6-13)16(19-9-15(20)10-19)12-3-7-14(18)8-4-12;14-13(9-1-5-11(15)6-2-9)10-3-7-12(16)8-4-10/h1-8,15-16,20H,9-10H2;1-8,13H. The van der Waals surface area contributed by atoms with E-state index in [9.17, 15) is 5.11 Å². The second kappa shape index (κ2) is 12.8. The Morgan fingerprint density at radius 2 is 0.833 bits per heavy atom. The zero-order valence-corrected chi connectivity index (χ0v) is 23.8. The summed E-state index contributed by atoms with van der Waals surface area (Å²) >= 11 is 27.3. The molecule has 0 saturated carbocycles. The number of nitrogens with zero attached hydrogens (tertiary/aromatic N) is 1. The number of alkyl halides is 1. The number of hydrogen-bond donors (Lipinski definition) is 1. The Balaban J connectivity index is 0.000000174. The van der Waals surface area contributed by atoms with Gasteiger partial charge >= 0.3 is 0 Å². The molecule has 36 heavy (non-hydrogen) atoms. The quantitative estimate of drug-likeness (QED) is 0.224. The molecule has 1 aliphatic heterocycles. The Labute approximate surface area is 240 Å². The van der Waals surface area contributed by atoms with Crippen LogP contribution in [0.5, 0.6) is 0 Å². The van der Waals surface area contributed by atoms with Crippen molar-refractivity contribution < 1.29 is 5.11 Å². The van der Waals surface area contributed by atoms with Crippen LogP contribution in [0, 0.1) is 0 Å². The number of hydrogen-bond acceptors (Lipinski definition) is 2. The molecule has 0 aromatic heterocycles. The molecular weight excluding hydrogens is 600 g/mol. The highest BCUT2D eigenvalue weighted by atomic mass is 79.9. The molecular formula is C29H24BrCl4NO. The molecule has 1 aliphatic rings. The van der Waals surface area contributed by atoms with Gasteiger partial charge in [0.25, 0.3) is 0 Å². The average Bonchev–Trinajstić information content (AvgIpc) is 2.86. The van der Waals surface area contributed by atoms with Gasteiger partial charge in [0.1, 0.15) is 0 Å². The predicted molar refractivity (Wildman–Crippen MR) is 156 cm³/mol. The molecule has 0 bridgehead atoms. The number of halogens is 5. The van der Waals surface area contributed by atoms with E-state index in [4.69, 9.17) is 46.4 Å². The van der Waals surface area contributed by atoms with Gasteiger partial charge in [-0.15, -0.1) is 0 Å². The molecule has 0 spiro atoms. The van der Waals surface area contributed by atoms with Gasteiger partial charge in [-0.3, -0.25) is 4.90 Å². The molecule has 4 aromatic rings. The van der Waals surface area contributed by atoms with E-state index in [0.717, 1.165) is 20.1 Å². The summed E-state index contributed by atoms with van der Waals surface area (Å²) in [5.74, 6) is 0. The third kappa shape index (κ3) is 7.26. The van der Waals surface area contributed by atoms with Crippen LogP contribution >= 0.6 is 62.3 Å². The SMILES string of the molecule is Clc1ccc(C(Br)c2ccc(Cl)cc2)cc1.OC1CN(C(c2ccc(Cl)cc2)c2ccc(Cl)cc2)C1. The first-order valence-electron chi connectivity index (χ1n) is 11.4. The molecule has 1 heterocycles. The predicted octanol–water partition coefficient (Wildman–Crippen LogP) is 9.24. The smallest absolute Gasteiger partial charge is 0.0794 e. The lowest BCUT2D eigenvalue weighted by molar-refractivity contribution is -0.0160. The van der Waals surface area contributed by atoms with E-state index in [-0.39, 0.29) is 17.0 Å². The van der Waals surface area contributed by atoms with Crippen LogP contribution in [-0.2, 0) is 0 Å². The van der Waals surface area contributed by atoms with Crippen molar-refractivity contribution in [3.63, 3.8) is 0 Å². The van der Waals surface area contributed by atoms with Crippen LogP contribution in [0.25, 0.3) is 0 Å². The lowest BCUT2D eigenvalue weighted by Gasteiger charge is -2.42. The molecule has 5 rings (SSSR count). The van der Waals surface area contributed by atoms with Crippen molar-refractivity contribution in [2.24, 2.45) is 0 Å². The van der Waals surface area contributed by atoms with Crippen LogP contribution < -0.4 is 0 Å². The number of aliphatic hydroxyl groups is 1.